The summed E-state index contributed by atoms with van der Waals surface area (Å²) in [4.78, 5) is 22.8. The van der Waals surface area contributed by atoms with Crippen molar-refractivity contribution in [1.29, 1.82) is 0 Å². The monoisotopic (exact) mass is 630 g/mol. The van der Waals surface area contributed by atoms with Crippen molar-refractivity contribution >= 4 is 29.2 Å². The molecule has 0 unspecified atom stereocenters. The lowest BCUT2D eigenvalue weighted by molar-refractivity contribution is -0.134. The van der Waals surface area contributed by atoms with E-state index >= 15 is 0 Å². The van der Waals surface area contributed by atoms with Crippen molar-refractivity contribution in [3.05, 3.63) is 0 Å². The van der Waals surface area contributed by atoms with Crippen LogP contribution < -0.4 is 0 Å². The fraction of sp³-hybridized carbons (Fsp3) is 0.912. The highest BCUT2D eigenvalue weighted by molar-refractivity contribution is 6.26. The number of alkyl halides is 1. The molecule has 2 aliphatic heterocycles. The maximum Gasteiger partial charge on any atom is 0.318 e. The summed E-state index contributed by atoms with van der Waals surface area (Å²) >= 11 is 4.74. The van der Waals surface area contributed by atoms with Gasteiger partial charge in [0.25, 0.3) is 0 Å². The quantitative estimate of drug-likeness (QED) is 0.0710. The van der Waals surface area contributed by atoms with Crippen LogP contribution in [0, 0.1) is 0 Å². The van der Waals surface area contributed by atoms with E-state index in [9.17, 15) is 4.79 Å². The molecule has 0 amide bonds. The molecule has 0 aromatic rings. The number of hydrogen-bond donors (Lipinski definition) is 3. The van der Waals surface area contributed by atoms with Gasteiger partial charge >= 0.3 is 5.97 Å². The van der Waals surface area contributed by atoms with Crippen LogP contribution >= 0.6 is 11.6 Å². The SMILES string of the molecule is CCCCCCCCCCCC1=NCCN1CCO.CCCCCCCCCCCC1=NCCN1CCO.O=C(O)CCl. The fourth-order valence-corrected chi connectivity index (χ4v) is 5.44. The third-order valence-corrected chi connectivity index (χ3v) is 8.15. The summed E-state index contributed by atoms with van der Waals surface area (Å²) in [5.74, 6) is 1.18. The van der Waals surface area contributed by atoms with Crippen LogP contribution in [0.25, 0.3) is 0 Å². The number of aliphatic imine (C=N–C) groups is 2. The topological polar surface area (TPSA) is 109 Å². The number of aliphatic hydroxyl groups excluding tert-OH is 2. The Kier molecular flexibility index (Phi) is 31.0. The van der Waals surface area contributed by atoms with E-state index in [4.69, 9.17) is 26.9 Å². The van der Waals surface area contributed by atoms with Gasteiger partial charge < -0.3 is 25.1 Å². The number of hydrogen-bond acceptors (Lipinski definition) is 7. The van der Waals surface area contributed by atoms with E-state index in [0.29, 0.717) is 0 Å². The summed E-state index contributed by atoms with van der Waals surface area (Å²) in [6.07, 6.45) is 26.9. The zero-order valence-electron chi connectivity index (χ0n) is 27.9. The first-order valence-electron chi connectivity index (χ1n) is 17.6. The third-order valence-electron chi connectivity index (χ3n) is 7.92. The van der Waals surface area contributed by atoms with E-state index in [1.165, 1.54) is 127 Å². The Morgan fingerprint density at radius 3 is 1.21 bits per heavy atom. The Morgan fingerprint density at radius 2 is 0.930 bits per heavy atom. The molecule has 0 fully saturated rings. The number of β-amino-alcohol motifs (C(OH)–C–C–N with tert-alkyl or cyclic N) is 2. The molecule has 0 aromatic carbocycles. The third kappa shape index (κ3) is 25.6. The van der Waals surface area contributed by atoms with Crippen molar-refractivity contribution in [2.24, 2.45) is 9.98 Å². The van der Waals surface area contributed by atoms with Crippen molar-refractivity contribution in [3.8, 4) is 0 Å². The van der Waals surface area contributed by atoms with Gasteiger partial charge in [-0.05, 0) is 12.8 Å². The smallest absolute Gasteiger partial charge is 0.318 e. The maximum atomic E-state index is 9.24. The summed E-state index contributed by atoms with van der Waals surface area (Å²) in [7, 11) is 0. The molecule has 0 radical (unpaired) electrons. The van der Waals surface area contributed by atoms with Crippen molar-refractivity contribution in [2.45, 2.75) is 142 Å². The summed E-state index contributed by atoms with van der Waals surface area (Å²) in [5.41, 5.74) is 0. The van der Waals surface area contributed by atoms with Gasteiger partial charge in [0.2, 0.25) is 0 Å². The first kappa shape index (κ1) is 41.6. The molecule has 3 N–H and O–H groups in total. The molecule has 0 aromatic heterocycles. The molecule has 0 aliphatic carbocycles. The van der Waals surface area contributed by atoms with Gasteiger partial charge in [0.05, 0.1) is 38.0 Å². The second-order valence-corrected chi connectivity index (χ2v) is 12.0. The minimum absolute atomic E-state index is 0.247. The van der Waals surface area contributed by atoms with Crippen molar-refractivity contribution in [3.63, 3.8) is 0 Å². The number of aliphatic carboxylic acids is 1. The average Bonchev–Trinajstić information content (AvgIpc) is 3.65. The molecule has 2 heterocycles. The average molecular weight is 631 g/mol. The Balaban J connectivity index is 0.000000709. The summed E-state index contributed by atoms with van der Waals surface area (Å²) in [5, 5.41) is 25.5. The summed E-state index contributed by atoms with van der Waals surface area (Å²) < 4.78 is 0. The zero-order valence-corrected chi connectivity index (χ0v) is 28.7. The largest absolute Gasteiger partial charge is 0.480 e. The Bertz CT molecular complexity index is 643. The van der Waals surface area contributed by atoms with Gasteiger partial charge in [0.15, 0.2) is 0 Å². The molecule has 2 rings (SSSR count). The van der Waals surface area contributed by atoms with Crippen LogP contribution in [0.2, 0.25) is 0 Å². The Morgan fingerprint density at radius 1 is 0.628 bits per heavy atom. The lowest BCUT2D eigenvalue weighted by atomic mass is 10.1. The van der Waals surface area contributed by atoms with Crippen LogP contribution in [0.15, 0.2) is 9.98 Å². The van der Waals surface area contributed by atoms with Crippen molar-refractivity contribution in [2.75, 3.05) is 58.4 Å². The van der Waals surface area contributed by atoms with Crippen LogP contribution in [-0.4, -0.2) is 101 Å². The molecule has 8 nitrogen and oxygen atoms in total. The second kappa shape index (κ2) is 32.0. The van der Waals surface area contributed by atoms with Crippen LogP contribution in [0.4, 0.5) is 0 Å². The van der Waals surface area contributed by atoms with Gasteiger partial charge in [-0.25, -0.2) is 0 Å². The lowest BCUT2D eigenvalue weighted by Gasteiger charge is -2.18. The van der Waals surface area contributed by atoms with Gasteiger partial charge in [-0.3, -0.25) is 14.8 Å². The van der Waals surface area contributed by atoms with E-state index < -0.39 is 5.97 Å². The van der Waals surface area contributed by atoms with Crippen molar-refractivity contribution in [1.82, 2.24) is 9.80 Å². The van der Waals surface area contributed by atoms with E-state index in [2.05, 4.69) is 33.6 Å². The number of halogens is 1. The molecule has 43 heavy (non-hydrogen) atoms. The highest BCUT2D eigenvalue weighted by Gasteiger charge is 2.16. The Hall–Kier alpha value is -1.38. The van der Waals surface area contributed by atoms with E-state index in [-0.39, 0.29) is 19.1 Å². The second-order valence-electron chi connectivity index (χ2n) is 11.7. The Labute approximate surface area is 269 Å². The number of carboxylic acid groups (broad SMARTS) is 1. The number of unbranched alkanes of at least 4 members (excludes halogenated alkanes) is 16. The van der Waals surface area contributed by atoms with Crippen LogP contribution in [0.1, 0.15) is 142 Å². The number of rotatable bonds is 25. The predicted octanol–water partition coefficient (Wildman–Crippen LogP) is 7.54. The number of carbonyl (C=O) groups is 1. The molecule has 0 saturated heterocycles. The highest BCUT2D eigenvalue weighted by Crippen LogP contribution is 2.14. The normalized spacial score (nSPS) is 14.2. The van der Waals surface area contributed by atoms with Crippen LogP contribution in [0.3, 0.4) is 0 Å². The first-order valence-corrected chi connectivity index (χ1v) is 18.1. The summed E-state index contributed by atoms with van der Waals surface area (Å²) in [6, 6.07) is 0. The van der Waals surface area contributed by atoms with Gasteiger partial charge in [0, 0.05) is 39.0 Å². The number of nitrogens with zero attached hydrogens (tertiary/aromatic N) is 4. The maximum absolute atomic E-state index is 9.24. The van der Waals surface area contributed by atoms with Gasteiger partial charge in [-0.2, -0.15) is 0 Å². The molecular weight excluding hydrogens is 564 g/mol. The fourth-order valence-electron chi connectivity index (χ4n) is 5.44. The van der Waals surface area contributed by atoms with E-state index in [0.717, 1.165) is 52.1 Å². The molecular formula is C34H67ClN4O4. The predicted molar refractivity (Wildman–Crippen MR) is 184 cm³/mol. The molecule has 9 heteroatoms. The number of carboxylic acids is 1. The molecule has 0 atom stereocenters. The van der Waals surface area contributed by atoms with E-state index in [1.54, 1.807) is 0 Å². The molecule has 254 valence electrons. The van der Waals surface area contributed by atoms with E-state index in [1.807, 2.05) is 0 Å². The van der Waals surface area contributed by atoms with Crippen LogP contribution in [0.5, 0.6) is 0 Å². The zero-order chi connectivity index (χ0) is 31.8. The highest BCUT2D eigenvalue weighted by atomic mass is 35.5. The summed E-state index contributed by atoms with van der Waals surface area (Å²) in [6.45, 7) is 10.4. The van der Waals surface area contributed by atoms with Crippen LogP contribution in [-0.2, 0) is 4.79 Å². The molecule has 0 spiro atoms. The van der Waals surface area contributed by atoms with Gasteiger partial charge in [-0.15, -0.1) is 11.6 Å². The molecule has 0 bridgehead atoms. The minimum Gasteiger partial charge on any atom is -0.480 e. The van der Waals surface area contributed by atoms with Gasteiger partial charge in [-0.1, -0.05) is 117 Å². The van der Waals surface area contributed by atoms with Crippen molar-refractivity contribution < 1.29 is 20.1 Å². The molecule has 2 aliphatic rings. The first-order chi connectivity index (χ1) is 21.0. The minimum atomic E-state index is -0.980. The lowest BCUT2D eigenvalue weighted by Crippen LogP contribution is -2.30. The standard InChI is InChI=1S/2C16H32N2O.C2H3ClO2/c2*1-2-3-4-5-6-7-8-9-10-11-16-17-12-13-18(16)14-15-19;3-1-2(4)5/h2*19H,2-15H2,1H3;1H2,(H,4,5). The van der Waals surface area contributed by atoms with Gasteiger partial charge in [0.1, 0.15) is 5.88 Å². The number of amidine groups is 2. The molecule has 0 saturated carbocycles. The number of aliphatic hydroxyl groups is 2.